The van der Waals surface area contributed by atoms with Crippen molar-refractivity contribution in [1.82, 2.24) is 10.5 Å². The molecular formula is C17H20ClFN4O4. The fourth-order valence-corrected chi connectivity index (χ4v) is 3.10. The number of aromatic nitrogens is 1. The Kier molecular flexibility index (Phi) is 6.02. The lowest BCUT2D eigenvalue weighted by Crippen LogP contribution is -2.43. The van der Waals surface area contributed by atoms with E-state index in [1.807, 2.05) is 4.90 Å². The molecule has 1 N–H and O–H groups in total. The summed E-state index contributed by atoms with van der Waals surface area (Å²) < 4.78 is 29.9. The monoisotopic (exact) mass is 398 g/mol. The average molecular weight is 399 g/mol. The van der Waals surface area contributed by atoms with E-state index in [1.54, 1.807) is 18.2 Å². The third-order valence-corrected chi connectivity index (χ3v) is 4.41. The first kappa shape index (κ1) is 19.2. The zero-order valence-corrected chi connectivity index (χ0v) is 15.3. The van der Waals surface area contributed by atoms with E-state index in [1.165, 1.54) is 17.2 Å². The van der Waals surface area contributed by atoms with Gasteiger partial charge in [0.2, 0.25) is 0 Å². The summed E-state index contributed by atoms with van der Waals surface area (Å²) in [6.07, 6.45) is 0.411. The van der Waals surface area contributed by atoms with Crippen molar-refractivity contribution in [2.24, 2.45) is 0 Å². The van der Waals surface area contributed by atoms with E-state index in [4.69, 9.17) is 9.47 Å². The van der Waals surface area contributed by atoms with Crippen molar-refractivity contribution < 1.29 is 23.2 Å². The van der Waals surface area contributed by atoms with Crippen LogP contribution < -0.4 is 19.9 Å². The Bertz CT molecular complexity index is 770. The summed E-state index contributed by atoms with van der Waals surface area (Å²) in [6.45, 7) is 3.59. The molecule has 1 amide bonds. The second kappa shape index (κ2) is 8.45. The highest BCUT2D eigenvalue weighted by Gasteiger charge is 2.33. The number of rotatable bonds is 5. The molecule has 0 bridgehead atoms. The number of nitrogens with zero attached hydrogens (tertiary/aromatic N) is 3. The highest BCUT2D eigenvalue weighted by atomic mass is 35.5. The van der Waals surface area contributed by atoms with E-state index >= 15 is 0 Å². The van der Waals surface area contributed by atoms with Crippen molar-refractivity contribution in [2.45, 2.75) is 6.10 Å². The Hall–Kier alpha value is -2.52. The zero-order valence-electron chi connectivity index (χ0n) is 14.5. The first-order chi connectivity index (χ1) is 12.7. The number of cyclic esters (lactones) is 1. The molecule has 2 aliphatic rings. The van der Waals surface area contributed by atoms with Crippen LogP contribution in [0.25, 0.3) is 0 Å². The summed E-state index contributed by atoms with van der Waals surface area (Å²) >= 11 is 0. The lowest BCUT2D eigenvalue weighted by molar-refractivity contribution is 0.102. The van der Waals surface area contributed by atoms with Crippen molar-refractivity contribution in [3.05, 3.63) is 36.3 Å². The minimum absolute atomic E-state index is 0. The van der Waals surface area contributed by atoms with Gasteiger partial charge in [-0.05, 0) is 23.4 Å². The van der Waals surface area contributed by atoms with Gasteiger partial charge < -0.3 is 24.2 Å². The Morgan fingerprint density at radius 3 is 2.81 bits per heavy atom. The molecule has 0 spiro atoms. The van der Waals surface area contributed by atoms with Gasteiger partial charge in [-0.3, -0.25) is 4.90 Å². The van der Waals surface area contributed by atoms with Gasteiger partial charge in [0.25, 0.3) is 5.88 Å². The highest BCUT2D eigenvalue weighted by molar-refractivity contribution is 5.90. The number of halogens is 2. The molecule has 0 unspecified atom stereocenters. The first-order valence-electron chi connectivity index (χ1n) is 8.47. The average Bonchev–Trinajstić information content (AvgIpc) is 3.30. The van der Waals surface area contributed by atoms with Gasteiger partial charge in [0, 0.05) is 32.2 Å². The molecule has 1 atom stereocenters. The largest absolute Gasteiger partial charge is 0.471 e. The lowest BCUT2D eigenvalue weighted by atomic mass is 10.2. The molecule has 8 nitrogen and oxygen atoms in total. The Morgan fingerprint density at radius 1 is 1.30 bits per heavy atom. The predicted octanol–water partition coefficient (Wildman–Crippen LogP) is 2.05. The van der Waals surface area contributed by atoms with Crippen LogP contribution in [0.5, 0.6) is 5.88 Å². The topological polar surface area (TPSA) is 80.1 Å². The minimum Gasteiger partial charge on any atom is -0.471 e. The fourth-order valence-electron chi connectivity index (χ4n) is 3.10. The van der Waals surface area contributed by atoms with Gasteiger partial charge in [-0.25, -0.2) is 9.18 Å². The van der Waals surface area contributed by atoms with Gasteiger partial charge >= 0.3 is 6.09 Å². The van der Waals surface area contributed by atoms with Crippen LogP contribution >= 0.6 is 12.4 Å². The predicted molar refractivity (Wildman–Crippen MR) is 98.3 cm³/mol. The molecule has 1 aromatic heterocycles. The van der Waals surface area contributed by atoms with E-state index in [0.29, 0.717) is 17.3 Å². The fraction of sp³-hybridized carbons (Fsp3) is 0.412. The Balaban J connectivity index is 0.00000210. The third-order valence-electron chi connectivity index (χ3n) is 4.41. The molecule has 0 aliphatic carbocycles. The van der Waals surface area contributed by atoms with Crippen molar-refractivity contribution in [1.29, 1.82) is 0 Å². The summed E-state index contributed by atoms with van der Waals surface area (Å²) in [5, 5.41) is 6.87. The third kappa shape index (κ3) is 4.25. The van der Waals surface area contributed by atoms with Crippen LogP contribution in [-0.2, 0) is 4.74 Å². The lowest BCUT2D eigenvalue weighted by Gasteiger charge is -2.30. The summed E-state index contributed by atoms with van der Waals surface area (Å²) in [5.74, 6) is -0.0228. The molecule has 10 heteroatoms. The van der Waals surface area contributed by atoms with Crippen molar-refractivity contribution in [3.8, 4) is 5.88 Å². The zero-order chi connectivity index (χ0) is 17.9. The molecule has 2 aromatic rings. The van der Waals surface area contributed by atoms with Gasteiger partial charge in [0.1, 0.15) is 18.7 Å². The van der Waals surface area contributed by atoms with Gasteiger partial charge in [-0.1, -0.05) is 0 Å². The molecule has 2 fully saturated rings. The van der Waals surface area contributed by atoms with Crippen LogP contribution in [0.15, 0.2) is 35.1 Å². The van der Waals surface area contributed by atoms with Crippen LogP contribution in [0.1, 0.15) is 0 Å². The number of anilines is 2. The summed E-state index contributed by atoms with van der Waals surface area (Å²) in [5.41, 5.74) is 1.02. The molecule has 146 valence electrons. The summed E-state index contributed by atoms with van der Waals surface area (Å²) in [7, 11) is 0. The van der Waals surface area contributed by atoms with E-state index < -0.39 is 12.2 Å². The summed E-state index contributed by atoms with van der Waals surface area (Å²) in [6, 6.07) is 6.39. The van der Waals surface area contributed by atoms with Gasteiger partial charge in [-0.2, -0.15) is 0 Å². The SMILES string of the molecule is Cl.O=C1O[C@H](COc2ccon2)CN1c1ccc(N2CCNCC2)c(F)c1. The number of hydrogen-bond donors (Lipinski definition) is 1. The molecule has 1 aromatic carbocycles. The maximum atomic E-state index is 14.6. The smallest absolute Gasteiger partial charge is 0.414 e. The van der Waals surface area contributed by atoms with E-state index in [0.717, 1.165) is 26.2 Å². The minimum atomic E-state index is -0.520. The number of nitrogens with one attached hydrogen (secondary N) is 1. The van der Waals surface area contributed by atoms with Gasteiger partial charge in [0.15, 0.2) is 6.10 Å². The maximum absolute atomic E-state index is 14.6. The van der Waals surface area contributed by atoms with E-state index in [9.17, 15) is 9.18 Å². The molecule has 27 heavy (non-hydrogen) atoms. The molecule has 0 saturated carbocycles. The molecule has 0 radical (unpaired) electrons. The highest BCUT2D eigenvalue weighted by Crippen LogP contribution is 2.28. The van der Waals surface area contributed by atoms with E-state index in [2.05, 4.69) is 15.0 Å². The molecular weight excluding hydrogens is 379 g/mol. The Morgan fingerprint density at radius 2 is 2.11 bits per heavy atom. The van der Waals surface area contributed by atoms with Crippen molar-refractivity contribution in [3.63, 3.8) is 0 Å². The molecule has 3 heterocycles. The number of amides is 1. The van der Waals surface area contributed by atoms with Crippen LogP contribution in [0.3, 0.4) is 0 Å². The quantitative estimate of drug-likeness (QED) is 0.825. The van der Waals surface area contributed by atoms with Crippen LogP contribution in [0, 0.1) is 5.82 Å². The van der Waals surface area contributed by atoms with Gasteiger partial charge in [-0.15, -0.1) is 12.4 Å². The van der Waals surface area contributed by atoms with Crippen molar-refractivity contribution in [2.75, 3.05) is 49.1 Å². The van der Waals surface area contributed by atoms with Crippen LogP contribution in [0.4, 0.5) is 20.6 Å². The maximum Gasteiger partial charge on any atom is 0.414 e. The van der Waals surface area contributed by atoms with Crippen LogP contribution in [0.2, 0.25) is 0 Å². The Labute approximate surface area is 161 Å². The number of hydrogen-bond acceptors (Lipinski definition) is 7. The second-order valence-corrected chi connectivity index (χ2v) is 6.14. The van der Waals surface area contributed by atoms with Crippen LogP contribution in [-0.4, -0.2) is 56.7 Å². The first-order valence-corrected chi connectivity index (χ1v) is 8.47. The summed E-state index contributed by atoms with van der Waals surface area (Å²) in [4.78, 5) is 15.5. The number of piperazine rings is 1. The van der Waals surface area contributed by atoms with E-state index in [-0.39, 0.29) is 31.4 Å². The number of carbonyl (C=O) groups is 1. The molecule has 2 aliphatic heterocycles. The van der Waals surface area contributed by atoms with Crippen molar-refractivity contribution >= 4 is 29.9 Å². The number of carbonyl (C=O) groups excluding carboxylic acids is 1. The molecule has 2 saturated heterocycles. The standard InChI is InChI=1S/C17H19FN4O4.ClH/c18-14-9-12(1-2-15(14)21-6-4-19-5-7-21)22-10-13(26-17(22)23)11-24-16-3-8-25-20-16;/h1-3,8-9,13,19H,4-7,10-11H2;1H/t13-;/m0./s1. The number of benzene rings is 1. The second-order valence-electron chi connectivity index (χ2n) is 6.14. The van der Waals surface area contributed by atoms with Gasteiger partial charge in [0.05, 0.1) is 17.9 Å². The number of ether oxygens (including phenoxy) is 2. The normalized spacial score (nSPS) is 19.6. The molecule has 4 rings (SSSR count).